The lowest BCUT2D eigenvalue weighted by molar-refractivity contribution is -0.129. The van der Waals surface area contributed by atoms with Crippen LogP contribution in [0.25, 0.3) is 10.9 Å². The molecular formula is C20H25N3O3. The van der Waals surface area contributed by atoms with Crippen molar-refractivity contribution in [2.24, 2.45) is 0 Å². The monoisotopic (exact) mass is 355 g/mol. The Balaban J connectivity index is 1.97. The topological polar surface area (TPSA) is 71.5 Å². The van der Waals surface area contributed by atoms with Crippen LogP contribution in [0.1, 0.15) is 42.6 Å². The summed E-state index contributed by atoms with van der Waals surface area (Å²) < 4.78 is 5.21. The van der Waals surface area contributed by atoms with E-state index in [-0.39, 0.29) is 17.9 Å². The number of hydrogen-bond acceptors (Lipinski definition) is 5. The predicted octanol–water partition coefficient (Wildman–Crippen LogP) is 3.14. The number of pyridine rings is 1. The average Bonchev–Trinajstić information content (AvgIpc) is 3.10. The van der Waals surface area contributed by atoms with E-state index in [4.69, 9.17) is 4.74 Å². The summed E-state index contributed by atoms with van der Waals surface area (Å²) in [5.74, 6) is -0.222. The number of esters is 1. The minimum absolute atomic E-state index is 0.102. The zero-order chi connectivity index (χ0) is 18.7. The minimum Gasteiger partial charge on any atom is -0.462 e. The molecule has 1 aromatic heterocycles. The first-order valence-electron chi connectivity index (χ1n) is 9.14. The summed E-state index contributed by atoms with van der Waals surface area (Å²) in [6.45, 7) is 7.36. The van der Waals surface area contributed by atoms with Crippen molar-refractivity contribution in [1.29, 1.82) is 0 Å². The van der Waals surface area contributed by atoms with Gasteiger partial charge in [0.25, 0.3) is 0 Å². The number of carbonyl (C=O) groups is 2. The van der Waals surface area contributed by atoms with Gasteiger partial charge in [0.15, 0.2) is 0 Å². The number of carbonyl (C=O) groups excluding carboxylic acids is 2. The van der Waals surface area contributed by atoms with Gasteiger partial charge < -0.3 is 15.0 Å². The predicted molar refractivity (Wildman–Crippen MR) is 101 cm³/mol. The number of ether oxygens (including phenoxy) is 1. The molecule has 0 aliphatic carbocycles. The number of rotatable bonds is 5. The van der Waals surface area contributed by atoms with Gasteiger partial charge in [0, 0.05) is 37.1 Å². The molecule has 6 heteroatoms. The molecule has 1 saturated heterocycles. The van der Waals surface area contributed by atoms with E-state index in [0.717, 1.165) is 35.1 Å². The summed E-state index contributed by atoms with van der Waals surface area (Å²) in [4.78, 5) is 30.7. The summed E-state index contributed by atoms with van der Waals surface area (Å²) in [5.41, 5.74) is 3.09. The SMILES string of the molecule is CCOC(=O)c1cnc2c(C)cccc2c1NC1CCN(C(=O)CC)C1. The quantitative estimate of drug-likeness (QED) is 0.834. The zero-order valence-corrected chi connectivity index (χ0v) is 15.5. The van der Waals surface area contributed by atoms with Crippen LogP contribution in [0.4, 0.5) is 5.69 Å². The van der Waals surface area contributed by atoms with Crippen molar-refractivity contribution in [2.45, 2.75) is 39.7 Å². The Hall–Kier alpha value is -2.63. The lowest BCUT2D eigenvalue weighted by Crippen LogP contribution is -2.31. The number of aryl methyl sites for hydroxylation is 1. The molecule has 1 aromatic carbocycles. The molecule has 138 valence electrons. The van der Waals surface area contributed by atoms with E-state index in [1.165, 1.54) is 0 Å². The number of hydrogen-bond donors (Lipinski definition) is 1. The third-order valence-corrected chi connectivity index (χ3v) is 4.79. The van der Waals surface area contributed by atoms with Crippen molar-refractivity contribution < 1.29 is 14.3 Å². The number of likely N-dealkylation sites (tertiary alicyclic amines) is 1. The van der Waals surface area contributed by atoms with Crippen molar-refractivity contribution in [3.8, 4) is 0 Å². The first kappa shape index (κ1) is 18.2. The Bertz CT molecular complexity index is 834. The summed E-state index contributed by atoms with van der Waals surface area (Å²) in [6, 6.07) is 6.02. The summed E-state index contributed by atoms with van der Waals surface area (Å²) in [6.07, 6.45) is 2.95. The molecule has 1 aliphatic heterocycles. The molecule has 0 radical (unpaired) electrons. The molecule has 2 aromatic rings. The van der Waals surface area contributed by atoms with Crippen LogP contribution in [0.15, 0.2) is 24.4 Å². The van der Waals surface area contributed by atoms with Gasteiger partial charge >= 0.3 is 5.97 Å². The second-order valence-electron chi connectivity index (χ2n) is 6.56. The highest BCUT2D eigenvalue weighted by Crippen LogP contribution is 2.30. The van der Waals surface area contributed by atoms with E-state index >= 15 is 0 Å². The van der Waals surface area contributed by atoms with Gasteiger partial charge in [0.1, 0.15) is 5.56 Å². The molecule has 3 rings (SSSR count). The Kier molecular flexibility index (Phi) is 5.40. The molecular weight excluding hydrogens is 330 g/mol. The van der Waals surface area contributed by atoms with E-state index in [1.807, 2.05) is 36.9 Å². The van der Waals surface area contributed by atoms with Gasteiger partial charge in [-0.1, -0.05) is 25.1 Å². The number of para-hydroxylation sites is 1. The lowest BCUT2D eigenvalue weighted by Gasteiger charge is -2.20. The molecule has 26 heavy (non-hydrogen) atoms. The van der Waals surface area contributed by atoms with Crippen LogP contribution in [0.2, 0.25) is 0 Å². The van der Waals surface area contributed by atoms with Crippen LogP contribution in [-0.2, 0) is 9.53 Å². The fourth-order valence-electron chi connectivity index (χ4n) is 3.42. The molecule has 0 bridgehead atoms. The number of fused-ring (bicyclic) bond motifs is 1. The third kappa shape index (κ3) is 3.49. The first-order valence-corrected chi connectivity index (χ1v) is 9.14. The number of anilines is 1. The van der Waals surface area contributed by atoms with Crippen LogP contribution in [-0.4, -0.2) is 47.5 Å². The number of amides is 1. The number of aromatic nitrogens is 1. The highest BCUT2D eigenvalue weighted by atomic mass is 16.5. The van der Waals surface area contributed by atoms with Crippen molar-refractivity contribution in [3.05, 3.63) is 35.5 Å². The maximum absolute atomic E-state index is 12.4. The van der Waals surface area contributed by atoms with Crippen molar-refractivity contribution in [2.75, 3.05) is 25.0 Å². The van der Waals surface area contributed by atoms with Crippen LogP contribution in [0.5, 0.6) is 0 Å². The minimum atomic E-state index is -0.384. The van der Waals surface area contributed by atoms with Gasteiger partial charge in [-0.2, -0.15) is 0 Å². The fourth-order valence-corrected chi connectivity index (χ4v) is 3.42. The van der Waals surface area contributed by atoms with Gasteiger partial charge in [-0.3, -0.25) is 9.78 Å². The summed E-state index contributed by atoms with van der Waals surface area (Å²) in [5, 5.41) is 4.39. The van der Waals surface area contributed by atoms with E-state index < -0.39 is 0 Å². The number of benzene rings is 1. The molecule has 1 aliphatic rings. The average molecular weight is 355 g/mol. The molecule has 1 fully saturated rings. The van der Waals surface area contributed by atoms with E-state index in [9.17, 15) is 9.59 Å². The second-order valence-corrected chi connectivity index (χ2v) is 6.56. The van der Waals surface area contributed by atoms with Crippen LogP contribution >= 0.6 is 0 Å². The number of nitrogens with zero attached hydrogens (tertiary/aromatic N) is 2. The summed E-state index contributed by atoms with van der Waals surface area (Å²) >= 11 is 0. The standard InChI is InChI=1S/C20H25N3O3/c1-4-17(24)23-10-9-14(12-23)22-19-15-8-6-7-13(3)18(15)21-11-16(19)20(25)26-5-2/h6-8,11,14H,4-5,9-10,12H2,1-3H3,(H,21,22). The Morgan fingerprint density at radius 2 is 2.15 bits per heavy atom. The Morgan fingerprint density at radius 3 is 2.88 bits per heavy atom. The molecule has 1 unspecified atom stereocenters. The molecule has 1 amide bonds. The largest absolute Gasteiger partial charge is 0.462 e. The normalized spacial score (nSPS) is 16.7. The smallest absolute Gasteiger partial charge is 0.341 e. The lowest BCUT2D eigenvalue weighted by atomic mass is 10.0. The van der Waals surface area contributed by atoms with E-state index in [1.54, 1.807) is 13.1 Å². The summed E-state index contributed by atoms with van der Waals surface area (Å²) in [7, 11) is 0. The van der Waals surface area contributed by atoms with Crippen molar-refractivity contribution in [3.63, 3.8) is 0 Å². The van der Waals surface area contributed by atoms with Gasteiger partial charge in [0.2, 0.25) is 5.91 Å². The van der Waals surface area contributed by atoms with Gasteiger partial charge in [-0.25, -0.2) is 4.79 Å². The maximum Gasteiger partial charge on any atom is 0.341 e. The highest BCUT2D eigenvalue weighted by molar-refractivity contribution is 6.05. The number of nitrogens with one attached hydrogen (secondary N) is 1. The van der Waals surface area contributed by atoms with Gasteiger partial charge in [0.05, 0.1) is 17.8 Å². The van der Waals surface area contributed by atoms with Crippen molar-refractivity contribution >= 4 is 28.5 Å². The van der Waals surface area contributed by atoms with Crippen LogP contribution < -0.4 is 5.32 Å². The van der Waals surface area contributed by atoms with Crippen LogP contribution in [0.3, 0.4) is 0 Å². The molecule has 6 nitrogen and oxygen atoms in total. The fraction of sp³-hybridized carbons (Fsp3) is 0.450. The zero-order valence-electron chi connectivity index (χ0n) is 15.5. The maximum atomic E-state index is 12.4. The van der Waals surface area contributed by atoms with E-state index in [0.29, 0.717) is 25.1 Å². The van der Waals surface area contributed by atoms with Gasteiger partial charge in [-0.05, 0) is 25.8 Å². The molecule has 2 heterocycles. The Morgan fingerprint density at radius 1 is 1.35 bits per heavy atom. The Labute approximate surface area is 153 Å². The van der Waals surface area contributed by atoms with Crippen LogP contribution in [0, 0.1) is 6.92 Å². The molecule has 0 saturated carbocycles. The highest BCUT2D eigenvalue weighted by Gasteiger charge is 2.27. The second kappa shape index (κ2) is 7.72. The van der Waals surface area contributed by atoms with Gasteiger partial charge in [-0.15, -0.1) is 0 Å². The third-order valence-electron chi connectivity index (χ3n) is 4.79. The molecule has 1 N–H and O–H groups in total. The molecule has 1 atom stereocenters. The molecule has 0 spiro atoms. The van der Waals surface area contributed by atoms with Crippen molar-refractivity contribution in [1.82, 2.24) is 9.88 Å². The first-order chi connectivity index (χ1) is 12.5. The van der Waals surface area contributed by atoms with E-state index in [2.05, 4.69) is 10.3 Å².